The molecular formula is C12H14Cl2O. The van der Waals surface area contributed by atoms with Crippen LogP contribution in [0.15, 0.2) is 35.6 Å². The van der Waals surface area contributed by atoms with Crippen molar-refractivity contribution >= 4 is 23.2 Å². The van der Waals surface area contributed by atoms with Crippen molar-refractivity contribution in [3.63, 3.8) is 0 Å². The lowest BCUT2D eigenvalue weighted by molar-refractivity contribution is 0.295. The van der Waals surface area contributed by atoms with E-state index in [2.05, 4.69) is 0 Å². The van der Waals surface area contributed by atoms with E-state index in [9.17, 15) is 0 Å². The molecule has 1 aromatic carbocycles. The summed E-state index contributed by atoms with van der Waals surface area (Å²) in [4.78, 5) is 0. The van der Waals surface area contributed by atoms with Gasteiger partial charge in [-0.2, -0.15) is 0 Å². The molecule has 0 aromatic heterocycles. The van der Waals surface area contributed by atoms with E-state index in [1.807, 2.05) is 39.0 Å². The van der Waals surface area contributed by atoms with Gasteiger partial charge in [0.15, 0.2) is 0 Å². The first-order valence-corrected chi connectivity index (χ1v) is 5.50. The van der Waals surface area contributed by atoms with Gasteiger partial charge in [0, 0.05) is 11.0 Å². The number of rotatable bonds is 2. The van der Waals surface area contributed by atoms with Crippen molar-refractivity contribution in [2.75, 3.05) is 0 Å². The van der Waals surface area contributed by atoms with Crippen LogP contribution in [-0.2, 0) is 0 Å². The number of hydrogen-bond acceptors (Lipinski definition) is 1. The molecule has 0 saturated carbocycles. The summed E-state index contributed by atoms with van der Waals surface area (Å²) in [6, 6.07) is 7.33. The van der Waals surface area contributed by atoms with E-state index in [0.717, 1.165) is 0 Å². The highest BCUT2D eigenvalue weighted by atomic mass is 35.5. The largest absolute Gasteiger partial charge is 0.459 e. The second kappa shape index (κ2) is 4.91. The minimum atomic E-state index is -0.138. The van der Waals surface area contributed by atoms with E-state index in [0.29, 0.717) is 16.5 Å². The van der Waals surface area contributed by atoms with Crippen LogP contribution in [0.4, 0.5) is 0 Å². The first kappa shape index (κ1) is 12.4. The highest BCUT2D eigenvalue weighted by Gasteiger charge is 2.19. The standard InChI is InChI=1S/C12H14Cl2O/c1-12(2,3)11(8-13)15-10-7-5-4-6-9(10)14/h4-8H,1-3H3/b11-8-. The molecule has 0 heterocycles. The Labute approximate surface area is 101 Å². The molecular weight excluding hydrogens is 231 g/mol. The zero-order valence-corrected chi connectivity index (χ0v) is 10.6. The Morgan fingerprint density at radius 2 is 1.87 bits per heavy atom. The van der Waals surface area contributed by atoms with Crippen LogP contribution < -0.4 is 4.74 Å². The third-order valence-corrected chi connectivity index (χ3v) is 2.41. The van der Waals surface area contributed by atoms with E-state index in [-0.39, 0.29) is 5.41 Å². The summed E-state index contributed by atoms with van der Waals surface area (Å²) in [6.45, 7) is 6.08. The normalized spacial score (nSPS) is 12.7. The van der Waals surface area contributed by atoms with E-state index in [1.54, 1.807) is 6.07 Å². The molecule has 15 heavy (non-hydrogen) atoms. The Hall–Kier alpha value is -0.660. The molecule has 0 aliphatic rings. The Morgan fingerprint density at radius 1 is 1.27 bits per heavy atom. The summed E-state index contributed by atoms with van der Waals surface area (Å²) in [5.41, 5.74) is 1.31. The molecule has 0 bridgehead atoms. The summed E-state index contributed by atoms with van der Waals surface area (Å²) < 4.78 is 5.66. The lowest BCUT2D eigenvalue weighted by Gasteiger charge is -2.22. The lowest BCUT2D eigenvalue weighted by Crippen LogP contribution is -2.14. The third kappa shape index (κ3) is 3.44. The number of allylic oxidation sites excluding steroid dienone is 1. The smallest absolute Gasteiger partial charge is 0.145 e. The number of para-hydroxylation sites is 1. The van der Waals surface area contributed by atoms with Gasteiger partial charge in [0.05, 0.1) is 5.02 Å². The van der Waals surface area contributed by atoms with Crippen LogP contribution in [0.2, 0.25) is 5.02 Å². The molecule has 0 N–H and O–H groups in total. The Balaban J connectivity index is 2.91. The van der Waals surface area contributed by atoms with Crippen molar-refractivity contribution in [3.8, 4) is 5.75 Å². The summed E-state index contributed by atoms with van der Waals surface area (Å²) in [6.07, 6.45) is 0. The first-order chi connectivity index (χ1) is 6.95. The number of halogens is 2. The maximum atomic E-state index is 5.98. The lowest BCUT2D eigenvalue weighted by atomic mass is 9.95. The fourth-order valence-electron chi connectivity index (χ4n) is 0.985. The van der Waals surface area contributed by atoms with Crippen molar-refractivity contribution in [3.05, 3.63) is 40.6 Å². The molecule has 0 spiro atoms. The van der Waals surface area contributed by atoms with Gasteiger partial charge in [-0.05, 0) is 12.1 Å². The highest BCUT2D eigenvalue weighted by Crippen LogP contribution is 2.32. The van der Waals surface area contributed by atoms with Gasteiger partial charge in [-0.25, -0.2) is 0 Å². The molecule has 3 heteroatoms. The minimum Gasteiger partial charge on any atom is -0.459 e. The molecule has 0 amide bonds. The topological polar surface area (TPSA) is 9.23 Å². The number of hydrogen-bond donors (Lipinski definition) is 0. The summed E-state index contributed by atoms with van der Waals surface area (Å²) in [5, 5.41) is 0.581. The summed E-state index contributed by atoms with van der Waals surface area (Å²) in [7, 11) is 0. The molecule has 0 saturated heterocycles. The molecule has 0 atom stereocenters. The van der Waals surface area contributed by atoms with Gasteiger partial charge >= 0.3 is 0 Å². The second-order valence-corrected chi connectivity index (χ2v) is 4.88. The van der Waals surface area contributed by atoms with Crippen molar-refractivity contribution in [2.45, 2.75) is 20.8 Å². The minimum absolute atomic E-state index is 0.138. The van der Waals surface area contributed by atoms with E-state index >= 15 is 0 Å². The van der Waals surface area contributed by atoms with Crippen molar-refractivity contribution in [1.82, 2.24) is 0 Å². The van der Waals surface area contributed by atoms with Crippen LogP contribution in [0.1, 0.15) is 20.8 Å². The van der Waals surface area contributed by atoms with Crippen molar-refractivity contribution in [2.24, 2.45) is 5.41 Å². The van der Waals surface area contributed by atoms with E-state index in [4.69, 9.17) is 27.9 Å². The van der Waals surface area contributed by atoms with Crippen LogP contribution in [-0.4, -0.2) is 0 Å². The second-order valence-electron chi connectivity index (χ2n) is 4.26. The molecule has 0 radical (unpaired) electrons. The van der Waals surface area contributed by atoms with E-state index < -0.39 is 0 Å². The quantitative estimate of drug-likeness (QED) is 0.677. The van der Waals surface area contributed by atoms with Gasteiger partial charge < -0.3 is 4.74 Å². The van der Waals surface area contributed by atoms with Crippen molar-refractivity contribution in [1.29, 1.82) is 0 Å². The fraction of sp³-hybridized carbons (Fsp3) is 0.333. The van der Waals surface area contributed by atoms with Crippen LogP contribution >= 0.6 is 23.2 Å². The Morgan fingerprint density at radius 3 is 2.33 bits per heavy atom. The van der Waals surface area contributed by atoms with Gasteiger partial charge in [0.2, 0.25) is 0 Å². The van der Waals surface area contributed by atoms with Crippen LogP contribution in [0.5, 0.6) is 5.75 Å². The Bertz CT molecular complexity index is 364. The average Bonchev–Trinajstić information content (AvgIpc) is 2.14. The molecule has 0 aliphatic heterocycles. The number of benzene rings is 1. The first-order valence-electron chi connectivity index (χ1n) is 4.68. The zero-order valence-electron chi connectivity index (χ0n) is 9.05. The molecule has 0 aliphatic carbocycles. The number of ether oxygens (including phenoxy) is 1. The molecule has 1 rings (SSSR count). The SMILES string of the molecule is CC(C)(C)/C(=C/Cl)Oc1ccccc1Cl. The van der Waals surface area contributed by atoms with Crippen LogP contribution in [0.3, 0.4) is 0 Å². The predicted molar refractivity (Wildman–Crippen MR) is 65.5 cm³/mol. The maximum Gasteiger partial charge on any atom is 0.145 e. The predicted octanol–water partition coefficient (Wildman–Crippen LogP) is 4.85. The van der Waals surface area contributed by atoms with E-state index in [1.165, 1.54) is 5.54 Å². The van der Waals surface area contributed by atoms with Gasteiger partial charge in [-0.3, -0.25) is 0 Å². The van der Waals surface area contributed by atoms with Gasteiger partial charge in [-0.1, -0.05) is 56.1 Å². The molecule has 0 unspecified atom stereocenters. The average molecular weight is 245 g/mol. The third-order valence-electron chi connectivity index (χ3n) is 1.89. The Kier molecular flexibility index (Phi) is 4.06. The highest BCUT2D eigenvalue weighted by molar-refractivity contribution is 6.32. The monoisotopic (exact) mass is 244 g/mol. The summed E-state index contributed by atoms with van der Waals surface area (Å²) >= 11 is 11.7. The van der Waals surface area contributed by atoms with Crippen LogP contribution in [0.25, 0.3) is 0 Å². The van der Waals surface area contributed by atoms with Crippen molar-refractivity contribution < 1.29 is 4.74 Å². The molecule has 82 valence electrons. The molecule has 0 fully saturated rings. The maximum absolute atomic E-state index is 5.98. The molecule has 1 aromatic rings. The fourth-order valence-corrected chi connectivity index (χ4v) is 1.53. The van der Waals surface area contributed by atoms with Crippen LogP contribution in [0, 0.1) is 5.41 Å². The van der Waals surface area contributed by atoms with Gasteiger partial charge in [0.1, 0.15) is 11.5 Å². The zero-order chi connectivity index (χ0) is 11.5. The van der Waals surface area contributed by atoms with Gasteiger partial charge in [-0.15, -0.1) is 0 Å². The molecule has 1 nitrogen and oxygen atoms in total. The summed E-state index contributed by atoms with van der Waals surface area (Å²) in [5.74, 6) is 1.32. The van der Waals surface area contributed by atoms with Gasteiger partial charge in [0.25, 0.3) is 0 Å².